The molecule has 2 unspecified atom stereocenters. The van der Waals surface area contributed by atoms with Crippen molar-refractivity contribution in [3.8, 4) is 61.9 Å². The van der Waals surface area contributed by atoms with Crippen LogP contribution >= 0.6 is 7.92 Å². The summed E-state index contributed by atoms with van der Waals surface area (Å²) in [6.07, 6.45) is 8.56. The van der Waals surface area contributed by atoms with Gasteiger partial charge in [-0.2, -0.15) is 0 Å². The molecule has 222 valence electrons. The van der Waals surface area contributed by atoms with Gasteiger partial charge in [0.1, 0.15) is 11.9 Å². The Morgan fingerprint density at radius 1 is 0.500 bits per heavy atom. The Balaban J connectivity index is 1.31. The van der Waals surface area contributed by atoms with Crippen molar-refractivity contribution in [3.63, 3.8) is 0 Å². The lowest BCUT2D eigenvalue weighted by atomic mass is 9.91. The zero-order valence-corrected chi connectivity index (χ0v) is 26.7. The molecule has 5 aromatic carbocycles. The van der Waals surface area contributed by atoms with Crippen LogP contribution in [0.5, 0.6) is 5.75 Å². The van der Waals surface area contributed by atoms with Crippen LogP contribution in [0.4, 0.5) is 0 Å². The van der Waals surface area contributed by atoms with Crippen LogP contribution in [0.3, 0.4) is 0 Å². The van der Waals surface area contributed by atoms with Crippen molar-refractivity contribution in [2.45, 2.75) is 12.0 Å². The average Bonchev–Trinajstić information content (AvgIpc) is 3.50. The minimum absolute atomic E-state index is 0.0316. The van der Waals surface area contributed by atoms with E-state index < -0.39 is 0 Å². The first kappa shape index (κ1) is 28.4. The molecule has 2 aliphatic rings. The Labute approximate surface area is 271 Å². The summed E-state index contributed by atoms with van der Waals surface area (Å²) in [7, 11) is -0.166. The molecule has 0 amide bonds. The maximum absolute atomic E-state index is 6.43. The number of fused-ring (bicyclic) bond motifs is 3. The van der Waals surface area contributed by atoms with Gasteiger partial charge in [-0.05, 0) is 48.0 Å². The zero-order chi connectivity index (χ0) is 31.0. The summed E-state index contributed by atoms with van der Waals surface area (Å²) >= 11 is 0. The van der Waals surface area contributed by atoms with E-state index in [0.29, 0.717) is 0 Å². The van der Waals surface area contributed by atoms with Crippen LogP contribution in [0.2, 0.25) is 0 Å². The average molecular weight is 613 g/mol. The number of rotatable bonds is 6. The van der Waals surface area contributed by atoms with Crippen molar-refractivity contribution in [1.82, 2.24) is 9.97 Å². The number of hydrogen-bond acceptors (Lipinski definition) is 3. The number of ether oxygens (including phenoxy) is 1. The first-order valence-electron chi connectivity index (χ1n) is 15.7. The molecule has 0 fully saturated rings. The molecule has 0 radical (unpaired) electrons. The number of hydrogen-bond donors (Lipinski definition) is 0. The highest BCUT2D eigenvalue weighted by atomic mass is 31.1. The Hall–Kier alpha value is -5.11. The van der Waals surface area contributed by atoms with Gasteiger partial charge in [0.25, 0.3) is 0 Å². The van der Waals surface area contributed by atoms with Gasteiger partial charge in [-0.25, -0.2) is 9.97 Å². The fraction of sp³-hybridized carbons (Fsp3) is 0.0952. The van der Waals surface area contributed by atoms with Gasteiger partial charge in [-0.15, -0.1) is 0 Å². The summed E-state index contributed by atoms with van der Waals surface area (Å²) < 4.78 is 6.43. The Bertz CT molecular complexity index is 2100. The van der Waals surface area contributed by atoms with E-state index in [9.17, 15) is 0 Å². The summed E-state index contributed by atoms with van der Waals surface area (Å²) in [5, 5.41) is 1.40. The van der Waals surface area contributed by atoms with Gasteiger partial charge in [0.05, 0.1) is 22.8 Å². The van der Waals surface area contributed by atoms with E-state index in [1.165, 1.54) is 22.0 Å². The number of aromatic nitrogens is 2. The second-order valence-corrected chi connectivity index (χ2v) is 14.3. The van der Waals surface area contributed by atoms with E-state index in [1.54, 1.807) is 0 Å². The van der Waals surface area contributed by atoms with E-state index in [1.807, 2.05) is 12.1 Å². The number of benzene rings is 5. The van der Waals surface area contributed by atoms with Crippen molar-refractivity contribution in [1.29, 1.82) is 0 Å². The van der Waals surface area contributed by atoms with E-state index in [-0.39, 0.29) is 19.9 Å². The van der Waals surface area contributed by atoms with Crippen molar-refractivity contribution in [2.75, 3.05) is 13.3 Å². The van der Waals surface area contributed by atoms with Gasteiger partial charge in [-0.3, -0.25) is 0 Å². The SMILES string of the molecule is CP(C)c1cccc(-c2ccc(-c3nc(-c4ccccc4)c(-c4ccccc4)nc3-c3ccc4c(c3)OC3C=CC=CC43)cc2)c1. The third-order valence-electron chi connectivity index (χ3n) is 8.84. The fourth-order valence-electron chi connectivity index (χ4n) is 6.40. The van der Waals surface area contributed by atoms with Gasteiger partial charge in [0.2, 0.25) is 0 Å². The topological polar surface area (TPSA) is 35.0 Å². The molecule has 2 heterocycles. The predicted octanol–water partition coefficient (Wildman–Crippen LogP) is 10.1. The molecule has 1 aromatic heterocycles. The van der Waals surface area contributed by atoms with Crippen LogP contribution in [-0.2, 0) is 0 Å². The summed E-state index contributed by atoms with van der Waals surface area (Å²) in [5.41, 5.74) is 11.1. The smallest absolute Gasteiger partial charge is 0.128 e. The minimum atomic E-state index is -0.166. The maximum atomic E-state index is 6.43. The van der Waals surface area contributed by atoms with Gasteiger partial charge in [0, 0.05) is 33.7 Å². The molecule has 2 atom stereocenters. The molecule has 6 aromatic rings. The Morgan fingerprint density at radius 2 is 1.04 bits per heavy atom. The van der Waals surface area contributed by atoms with Crippen molar-refractivity contribution in [2.24, 2.45) is 0 Å². The summed E-state index contributed by atoms with van der Waals surface area (Å²) in [6.45, 7) is 4.60. The quantitative estimate of drug-likeness (QED) is 0.176. The van der Waals surface area contributed by atoms with Gasteiger partial charge in [-0.1, -0.05) is 141 Å². The molecule has 0 saturated carbocycles. The monoisotopic (exact) mass is 612 g/mol. The molecule has 1 aliphatic heterocycles. The third-order valence-corrected chi connectivity index (χ3v) is 10.1. The molecule has 4 heteroatoms. The lowest BCUT2D eigenvalue weighted by Crippen LogP contribution is -2.15. The minimum Gasteiger partial charge on any atom is -0.485 e. The third kappa shape index (κ3) is 5.27. The highest BCUT2D eigenvalue weighted by Crippen LogP contribution is 2.45. The van der Waals surface area contributed by atoms with Crippen molar-refractivity contribution in [3.05, 3.63) is 157 Å². The van der Waals surface area contributed by atoms with Crippen LogP contribution in [-0.4, -0.2) is 29.4 Å². The van der Waals surface area contributed by atoms with E-state index >= 15 is 0 Å². The van der Waals surface area contributed by atoms with Crippen LogP contribution < -0.4 is 10.0 Å². The summed E-state index contributed by atoms with van der Waals surface area (Å²) in [5.74, 6) is 1.15. The van der Waals surface area contributed by atoms with E-state index in [2.05, 4.69) is 153 Å². The molecule has 8 rings (SSSR count). The first-order chi connectivity index (χ1) is 22.6. The van der Waals surface area contributed by atoms with Crippen molar-refractivity contribution < 1.29 is 4.74 Å². The Morgan fingerprint density at radius 3 is 1.70 bits per heavy atom. The van der Waals surface area contributed by atoms with Crippen LogP contribution in [0.25, 0.3) is 56.2 Å². The molecule has 46 heavy (non-hydrogen) atoms. The summed E-state index contributed by atoms with van der Waals surface area (Å²) in [4.78, 5) is 10.9. The largest absolute Gasteiger partial charge is 0.485 e. The van der Waals surface area contributed by atoms with Crippen LogP contribution in [0, 0.1) is 0 Å². The van der Waals surface area contributed by atoms with Gasteiger partial charge >= 0.3 is 0 Å². The van der Waals surface area contributed by atoms with Gasteiger partial charge < -0.3 is 4.74 Å². The standard InChI is InChI=1S/C42H33N2OP/c1-46(2)34-17-11-16-32(26-34)28-20-22-31(23-21-28)41-42(33-24-25-36-35-18-9-10-19-37(35)45-38(36)27-33)44-40(30-14-7-4-8-15-30)39(43-41)29-12-5-3-6-13-29/h3-27,35,37H,1-2H3. The number of nitrogens with zero attached hydrogens (tertiary/aromatic N) is 2. The highest BCUT2D eigenvalue weighted by Gasteiger charge is 2.32. The van der Waals surface area contributed by atoms with E-state index in [0.717, 1.165) is 50.8 Å². The van der Waals surface area contributed by atoms with E-state index in [4.69, 9.17) is 14.7 Å². The lowest BCUT2D eigenvalue weighted by Gasteiger charge is -2.17. The normalized spacial score (nSPS) is 16.2. The number of allylic oxidation sites excluding steroid dienone is 2. The maximum Gasteiger partial charge on any atom is 0.128 e. The van der Waals surface area contributed by atoms with Crippen molar-refractivity contribution >= 4 is 13.2 Å². The lowest BCUT2D eigenvalue weighted by molar-refractivity contribution is 0.269. The second-order valence-electron chi connectivity index (χ2n) is 12.0. The zero-order valence-electron chi connectivity index (χ0n) is 25.8. The predicted molar refractivity (Wildman–Crippen MR) is 193 cm³/mol. The van der Waals surface area contributed by atoms with Crippen LogP contribution in [0.1, 0.15) is 11.5 Å². The van der Waals surface area contributed by atoms with Gasteiger partial charge in [0.15, 0.2) is 0 Å². The molecular weight excluding hydrogens is 579 g/mol. The Kier molecular flexibility index (Phi) is 7.40. The molecule has 0 spiro atoms. The fourth-order valence-corrected chi connectivity index (χ4v) is 7.18. The molecule has 0 saturated heterocycles. The molecular formula is C42H33N2OP. The summed E-state index contributed by atoms with van der Waals surface area (Å²) in [6, 6.07) is 44.9. The molecule has 1 aliphatic carbocycles. The van der Waals surface area contributed by atoms with Crippen LogP contribution in [0.15, 0.2) is 152 Å². The second kappa shape index (κ2) is 12.0. The molecule has 3 nitrogen and oxygen atoms in total. The first-order valence-corrected chi connectivity index (χ1v) is 17.9. The molecule has 0 N–H and O–H groups in total. The highest BCUT2D eigenvalue weighted by molar-refractivity contribution is 7.64. The molecule has 0 bridgehead atoms.